The maximum absolute atomic E-state index is 13.6. The summed E-state index contributed by atoms with van der Waals surface area (Å²) in [6, 6.07) is 17.6. The first-order valence-corrected chi connectivity index (χ1v) is 13.8. The highest BCUT2D eigenvalue weighted by Gasteiger charge is 2.38. The van der Waals surface area contributed by atoms with E-state index < -0.39 is 22.0 Å². The van der Waals surface area contributed by atoms with E-state index in [0.717, 1.165) is 21.2 Å². The molecule has 1 aromatic heterocycles. The fourth-order valence-corrected chi connectivity index (χ4v) is 6.14. The van der Waals surface area contributed by atoms with Crippen LogP contribution < -0.4 is 19.1 Å². The summed E-state index contributed by atoms with van der Waals surface area (Å²) < 4.78 is 39.3. The summed E-state index contributed by atoms with van der Waals surface area (Å²) in [5.41, 5.74) is 1.02. The number of hydrogen-bond acceptors (Lipinski definition) is 8. The summed E-state index contributed by atoms with van der Waals surface area (Å²) in [6.07, 6.45) is -1.16. The molecule has 0 spiro atoms. The van der Waals surface area contributed by atoms with E-state index in [-0.39, 0.29) is 28.0 Å². The molecule has 1 aliphatic rings. The van der Waals surface area contributed by atoms with Gasteiger partial charge in [0.1, 0.15) is 16.5 Å². The Morgan fingerprint density at radius 1 is 1.05 bits per heavy atom. The zero-order valence-corrected chi connectivity index (χ0v) is 22.2. The molecule has 0 saturated carbocycles. The summed E-state index contributed by atoms with van der Waals surface area (Å²) in [6.45, 7) is -0.281. The van der Waals surface area contributed by atoms with E-state index in [1.54, 1.807) is 42.5 Å². The summed E-state index contributed by atoms with van der Waals surface area (Å²) in [5.74, 6) is 0.137. The Balaban J connectivity index is 1.41. The lowest BCUT2D eigenvalue weighted by Gasteiger charge is -2.34. The van der Waals surface area contributed by atoms with Crippen LogP contribution in [0.1, 0.15) is 0 Å². The third-order valence-corrected chi connectivity index (χ3v) is 8.65. The molecule has 1 amide bonds. The number of fused-ring (bicyclic) bond motifs is 1. The molecule has 4 aromatic rings. The van der Waals surface area contributed by atoms with Gasteiger partial charge in [-0.3, -0.25) is 14.4 Å². The van der Waals surface area contributed by atoms with Gasteiger partial charge in [0.15, 0.2) is 6.10 Å². The fraction of sp³-hybridized carbons (Fsp3) is 0.125. The van der Waals surface area contributed by atoms with Crippen molar-refractivity contribution in [2.24, 2.45) is 0 Å². The molecule has 3 aromatic carbocycles. The van der Waals surface area contributed by atoms with Crippen molar-refractivity contribution in [3.63, 3.8) is 0 Å². The summed E-state index contributed by atoms with van der Waals surface area (Å²) in [5, 5.41) is 12.5. The van der Waals surface area contributed by atoms with Crippen molar-refractivity contribution < 1.29 is 22.7 Å². The van der Waals surface area contributed by atoms with Crippen LogP contribution in [0.2, 0.25) is 10.0 Å². The van der Waals surface area contributed by atoms with E-state index in [1.165, 1.54) is 31.4 Å². The summed E-state index contributed by atoms with van der Waals surface area (Å²) in [7, 11) is -2.58. The number of carbonyl (C=O) groups excluding carboxylic acids is 1. The number of rotatable bonds is 6. The normalized spacial score (nSPS) is 15.0. The van der Waals surface area contributed by atoms with E-state index in [4.69, 9.17) is 32.7 Å². The first-order chi connectivity index (χ1) is 17.7. The zero-order chi connectivity index (χ0) is 26.2. The molecule has 0 fully saturated rings. The number of sulfonamides is 1. The molecule has 190 valence electrons. The average molecular weight is 577 g/mol. The lowest BCUT2D eigenvalue weighted by molar-refractivity contribution is -0.122. The van der Waals surface area contributed by atoms with Crippen molar-refractivity contribution in [1.82, 2.24) is 10.2 Å². The molecule has 37 heavy (non-hydrogen) atoms. The second kappa shape index (κ2) is 10.2. The maximum atomic E-state index is 13.6. The van der Waals surface area contributed by atoms with Crippen molar-refractivity contribution in [2.75, 3.05) is 23.3 Å². The minimum atomic E-state index is -4.07. The van der Waals surface area contributed by atoms with Crippen LogP contribution in [-0.2, 0) is 14.8 Å². The Morgan fingerprint density at radius 2 is 1.76 bits per heavy atom. The molecular weight excluding hydrogens is 559 g/mol. The predicted octanol–water partition coefficient (Wildman–Crippen LogP) is 5.12. The molecule has 0 bridgehead atoms. The molecule has 1 atom stereocenters. The van der Waals surface area contributed by atoms with Gasteiger partial charge in [-0.25, -0.2) is 8.42 Å². The third kappa shape index (κ3) is 5.21. The van der Waals surface area contributed by atoms with E-state index in [2.05, 4.69) is 15.5 Å². The number of methoxy groups -OCH3 is 1. The number of benzene rings is 3. The highest BCUT2D eigenvalue weighted by Crippen LogP contribution is 2.39. The van der Waals surface area contributed by atoms with E-state index >= 15 is 0 Å². The van der Waals surface area contributed by atoms with Gasteiger partial charge in [-0.15, -0.1) is 10.2 Å². The second-order valence-electron chi connectivity index (χ2n) is 7.84. The van der Waals surface area contributed by atoms with Crippen molar-refractivity contribution in [3.8, 4) is 22.1 Å². The number of ether oxygens (including phenoxy) is 2. The van der Waals surface area contributed by atoms with Gasteiger partial charge in [0.05, 0.1) is 24.2 Å². The van der Waals surface area contributed by atoms with Crippen molar-refractivity contribution >= 4 is 61.3 Å². The molecule has 1 aliphatic heterocycles. The molecule has 1 N–H and O–H groups in total. The molecule has 1 unspecified atom stereocenters. The zero-order valence-electron chi connectivity index (χ0n) is 19.1. The van der Waals surface area contributed by atoms with Gasteiger partial charge in [0.25, 0.3) is 15.9 Å². The predicted molar refractivity (Wildman–Crippen MR) is 142 cm³/mol. The SMILES string of the molecule is COc1ccc(S(=O)(=O)N2CC(C(=O)Nc3nnc(-c4ccc(Cl)cc4)s3)Oc3ccc(Cl)cc32)cc1. The molecular formula is C24H18Cl2N4O5S2. The maximum Gasteiger partial charge on any atom is 0.269 e. The first-order valence-electron chi connectivity index (χ1n) is 10.8. The largest absolute Gasteiger partial charge is 0.497 e. The van der Waals surface area contributed by atoms with Gasteiger partial charge in [-0.05, 0) is 54.6 Å². The lowest BCUT2D eigenvalue weighted by atomic mass is 10.2. The number of halogens is 2. The van der Waals surface area contributed by atoms with Crippen LogP contribution in [0, 0.1) is 0 Å². The van der Waals surface area contributed by atoms with Crippen LogP contribution >= 0.6 is 34.5 Å². The van der Waals surface area contributed by atoms with Gasteiger partial charge in [0.2, 0.25) is 5.13 Å². The number of carbonyl (C=O) groups is 1. The van der Waals surface area contributed by atoms with Crippen LogP contribution in [0.15, 0.2) is 71.6 Å². The molecule has 0 saturated heterocycles. The highest BCUT2D eigenvalue weighted by atomic mass is 35.5. The number of amides is 1. The standard InChI is InChI=1S/C24H18Cl2N4O5S2/c1-34-17-7-9-18(10-8-17)37(32,33)30-13-21(35-20-11-6-16(26)12-19(20)30)22(31)27-24-29-28-23(36-24)14-2-4-15(25)5-3-14/h2-12,21H,13H2,1H3,(H,27,29,31). The Morgan fingerprint density at radius 3 is 2.46 bits per heavy atom. The lowest BCUT2D eigenvalue weighted by Crippen LogP contribution is -2.48. The Hall–Kier alpha value is -3.38. The quantitative estimate of drug-likeness (QED) is 0.339. The molecule has 0 aliphatic carbocycles. The Bertz CT molecular complexity index is 1560. The van der Waals surface area contributed by atoms with E-state index in [1.807, 2.05) is 0 Å². The van der Waals surface area contributed by atoms with Gasteiger partial charge in [-0.1, -0.05) is 46.7 Å². The third-order valence-electron chi connectivity index (χ3n) is 5.48. The van der Waals surface area contributed by atoms with Gasteiger partial charge in [0, 0.05) is 15.6 Å². The minimum absolute atomic E-state index is 0.0250. The topological polar surface area (TPSA) is 111 Å². The van der Waals surface area contributed by atoms with Gasteiger partial charge < -0.3 is 9.47 Å². The highest BCUT2D eigenvalue weighted by molar-refractivity contribution is 7.92. The second-order valence-corrected chi connectivity index (χ2v) is 11.6. The monoisotopic (exact) mass is 576 g/mol. The molecule has 0 radical (unpaired) electrons. The van der Waals surface area contributed by atoms with E-state index in [9.17, 15) is 13.2 Å². The number of nitrogens with zero attached hydrogens (tertiary/aromatic N) is 3. The number of hydrogen-bond donors (Lipinski definition) is 1. The van der Waals surface area contributed by atoms with Crippen LogP contribution in [-0.4, -0.2) is 44.3 Å². The average Bonchev–Trinajstić information content (AvgIpc) is 3.36. The van der Waals surface area contributed by atoms with Crippen LogP contribution in [0.25, 0.3) is 10.6 Å². The number of anilines is 2. The van der Waals surface area contributed by atoms with Crippen LogP contribution in [0.3, 0.4) is 0 Å². The summed E-state index contributed by atoms with van der Waals surface area (Å²) >= 11 is 13.3. The fourth-order valence-electron chi connectivity index (χ4n) is 3.63. The van der Waals surface area contributed by atoms with Crippen molar-refractivity contribution in [3.05, 3.63) is 76.8 Å². The Labute approximate surface area is 226 Å². The number of nitrogens with one attached hydrogen (secondary N) is 1. The molecule has 5 rings (SSSR count). The van der Waals surface area contributed by atoms with Gasteiger partial charge >= 0.3 is 0 Å². The van der Waals surface area contributed by atoms with Crippen molar-refractivity contribution in [1.29, 1.82) is 0 Å². The van der Waals surface area contributed by atoms with Crippen LogP contribution in [0.5, 0.6) is 11.5 Å². The molecule has 9 nitrogen and oxygen atoms in total. The number of aromatic nitrogens is 2. The molecule has 13 heteroatoms. The van der Waals surface area contributed by atoms with Gasteiger partial charge in [-0.2, -0.15) is 0 Å². The smallest absolute Gasteiger partial charge is 0.269 e. The minimum Gasteiger partial charge on any atom is -0.497 e. The first kappa shape index (κ1) is 25.3. The Kier molecular flexibility index (Phi) is 6.95. The van der Waals surface area contributed by atoms with E-state index in [0.29, 0.717) is 20.8 Å². The van der Waals surface area contributed by atoms with Crippen molar-refractivity contribution in [2.45, 2.75) is 11.0 Å². The summed E-state index contributed by atoms with van der Waals surface area (Å²) in [4.78, 5) is 13.2. The molecule has 2 heterocycles. The van der Waals surface area contributed by atoms with Crippen LogP contribution in [0.4, 0.5) is 10.8 Å².